The molecule has 27 heavy (non-hydrogen) atoms. The first kappa shape index (κ1) is 29.4. The van der Waals surface area contributed by atoms with E-state index in [9.17, 15) is 0 Å². The molecule has 0 amide bonds. The fraction of sp³-hybridized carbons (Fsp3) is 0.333. The molecular formula is C27H42. The minimum Gasteiger partial charge on any atom is -0.0984 e. The molecule has 2 rings (SSSR count). The molecule has 0 heteroatoms. The van der Waals surface area contributed by atoms with E-state index in [0.29, 0.717) is 0 Å². The second-order valence-electron chi connectivity index (χ2n) is 4.61. The Bertz CT molecular complexity index is 650. The van der Waals surface area contributed by atoms with Gasteiger partial charge in [0, 0.05) is 0 Å². The van der Waals surface area contributed by atoms with Gasteiger partial charge >= 0.3 is 0 Å². The Morgan fingerprint density at radius 3 is 1.11 bits per heavy atom. The van der Waals surface area contributed by atoms with E-state index in [1.807, 2.05) is 67.5 Å². The molecule has 0 bridgehead atoms. The van der Waals surface area contributed by atoms with Crippen molar-refractivity contribution in [3.05, 3.63) is 71.8 Å². The first-order chi connectivity index (χ1) is 12.8. The lowest BCUT2D eigenvalue weighted by Crippen LogP contribution is -1.94. The van der Waals surface area contributed by atoms with Crippen LogP contribution in [0.4, 0.5) is 0 Å². The summed E-state index contributed by atoms with van der Waals surface area (Å²) in [5.41, 5.74) is 4.76. The average molecular weight is 367 g/mol. The Hall–Kier alpha value is -2.34. The van der Waals surface area contributed by atoms with E-state index < -0.39 is 0 Å². The van der Waals surface area contributed by atoms with Crippen molar-refractivity contribution in [2.45, 2.75) is 62.8 Å². The fourth-order valence-electron chi connectivity index (χ4n) is 2.67. The third kappa shape index (κ3) is 7.43. The Labute approximate surface area is 170 Å². The van der Waals surface area contributed by atoms with E-state index in [4.69, 9.17) is 0 Å². The van der Waals surface area contributed by atoms with Crippen molar-refractivity contribution in [3.8, 4) is 0 Å². The topological polar surface area (TPSA) is 0 Å². The highest BCUT2D eigenvalue weighted by Crippen LogP contribution is 2.34. The van der Waals surface area contributed by atoms with Gasteiger partial charge in [0.25, 0.3) is 0 Å². The van der Waals surface area contributed by atoms with Gasteiger partial charge in [-0.3, -0.25) is 0 Å². The van der Waals surface area contributed by atoms with Gasteiger partial charge in [0.15, 0.2) is 0 Å². The summed E-state index contributed by atoms with van der Waals surface area (Å²) >= 11 is 0. The van der Waals surface area contributed by atoms with Gasteiger partial charge in [-0.25, -0.2) is 0 Å². The minimum atomic E-state index is 0. The SMILES string of the molecule is C.C=Cc1c(/C=C\C)c(/C=C\C)c(C=C)c2ccccc12.CC.CC.CC. The van der Waals surface area contributed by atoms with Gasteiger partial charge in [-0.2, -0.15) is 0 Å². The van der Waals surface area contributed by atoms with Crippen LogP contribution in [-0.2, 0) is 0 Å². The van der Waals surface area contributed by atoms with Crippen LogP contribution in [-0.4, -0.2) is 0 Å². The molecule has 0 radical (unpaired) electrons. The number of fused-ring (bicyclic) bond motifs is 1. The van der Waals surface area contributed by atoms with Crippen LogP contribution in [0.3, 0.4) is 0 Å². The predicted molar refractivity (Wildman–Crippen MR) is 134 cm³/mol. The van der Waals surface area contributed by atoms with E-state index in [0.717, 1.165) is 0 Å². The van der Waals surface area contributed by atoms with Gasteiger partial charge in [0.2, 0.25) is 0 Å². The molecule has 0 nitrogen and oxygen atoms in total. The van der Waals surface area contributed by atoms with E-state index in [-0.39, 0.29) is 7.43 Å². The van der Waals surface area contributed by atoms with Crippen LogP contribution in [0.15, 0.2) is 49.6 Å². The summed E-state index contributed by atoms with van der Waals surface area (Å²) in [7, 11) is 0. The second kappa shape index (κ2) is 18.5. The molecule has 0 saturated carbocycles. The molecule has 150 valence electrons. The highest BCUT2D eigenvalue weighted by molar-refractivity contribution is 6.02. The summed E-state index contributed by atoms with van der Waals surface area (Å²) in [5.74, 6) is 0. The monoisotopic (exact) mass is 366 g/mol. The Morgan fingerprint density at radius 2 is 0.889 bits per heavy atom. The Kier molecular flexibility index (Phi) is 20.1. The highest BCUT2D eigenvalue weighted by Gasteiger charge is 2.12. The summed E-state index contributed by atoms with van der Waals surface area (Å²) < 4.78 is 0. The summed E-state index contributed by atoms with van der Waals surface area (Å²) in [6.07, 6.45) is 12.3. The molecule has 0 aliphatic rings. The standard InChI is InChI=1S/C20H20.3C2H6.CH4/c1-5-11-17-15(7-3)19-13-9-10-14-20(19)16(8-4)18(17)12-6-2;3*1-2;/h5-14H,3-4H2,1-2H3;3*1-2H3;1H4/b11-5-,12-6-;;;;. The molecule has 0 spiro atoms. The average Bonchev–Trinajstić information content (AvgIpc) is 2.73. The zero-order chi connectivity index (χ0) is 20.5. The molecule has 0 N–H and O–H groups in total. The molecule has 0 aromatic heterocycles. The molecule has 2 aromatic rings. The number of benzene rings is 2. The normalized spacial score (nSPS) is 9.19. The minimum absolute atomic E-state index is 0. The van der Waals surface area contributed by atoms with Gasteiger partial charge in [0.05, 0.1) is 0 Å². The molecule has 0 heterocycles. The lowest BCUT2D eigenvalue weighted by molar-refractivity contribution is 1.50. The molecule has 2 aromatic carbocycles. The second-order valence-corrected chi connectivity index (χ2v) is 4.61. The first-order valence-corrected chi connectivity index (χ1v) is 9.87. The van der Waals surface area contributed by atoms with Crippen molar-refractivity contribution in [2.75, 3.05) is 0 Å². The quantitative estimate of drug-likeness (QED) is 0.505. The molecule has 0 saturated heterocycles. The summed E-state index contributed by atoms with van der Waals surface area (Å²) in [6.45, 7) is 24.1. The van der Waals surface area contributed by atoms with Gasteiger partial charge < -0.3 is 0 Å². The van der Waals surface area contributed by atoms with E-state index in [2.05, 4.69) is 61.7 Å². The number of allylic oxidation sites excluding steroid dienone is 2. The van der Waals surface area contributed by atoms with Gasteiger partial charge in [0.1, 0.15) is 0 Å². The van der Waals surface area contributed by atoms with E-state index >= 15 is 0 Å². The number of hydrogen-bond acceptors (Lipinski definition) is 0. The zero-order valence-electron chi connectivity index (χ0n) is 18.2. The van der Waals surface area contributed by atoms with Crippen molar-refractivity contribution in [1.82, 2.24) is 0 Å². The summed E-state index contributed by atoms with van der Waals surface area (Å²) in [6, 6.07) is 8.42. The van der Waals surface area contributed by atoms with E-state index in [1.54, 1.807) is 0 Å². The van der Waals surface area contributed by atoms with Gasteiger partial charge in [-0.15, -0.1) is 0 Å². The summed E-state index contributed by atoms with van der Waals surface area (Å²) in [5, 5.41) is 2.44. The van der Waals surface area contributed by atoms with Gasteiger partial charge in [-0.1, -0.05) is 123 Å². The van der Waals surface area contributed by atoms with Crippen molar-refractivity contribution in [3.63, 3.8) is 0 Å². The van der Waals surface area contributed by atoms with Crippen molar-refractivity contribution >= 4 is 35.1 Å². The number of hydrogen-bond donors (Lipinski definition) is 0. The molecule has 0 unspecified atom stereocenters. The molecule has 0 fully saturated rings. The molecule has 0 aliphatic heterocycles. The van der Waals surface area contributed by atoms with Crippen LogP contribution < -0.4 is 0 Å². The van der Waals surface area contributed by atoms with Crippen molar-refractivity contribution < 1.29 is 0 Å². The molecular weight excluding hydrogens is 324 g/mol. The molecule has 0 atom stereocenters. The highest BCUT2D eigenvalue weighted by atomic mass is 14.2. The Morgan fingerprint density at radius 1 is 0.593 bits per heavy atom. The van der Waals surface area contributed by atoms with Crippen LogP contribution in [0.2, 0.25) is 0 Å². The predicted octanol–water partition coefficient (Wildman–Crippen LogP) is 9.91. The lowest BCUT2D eigenvalue weighted by Gasteiger charge is -2.15. The maximum Gasteiger partial charge on any atom is -0.00992 e. The largest absolute Gasteiger partial charge is 0.0984 e. The Balaban J connectivity index is -0.000000749. The van der Waals surface area contributed by atoms with Crippen molar-refractivity contribution in [1.29, 1.82) is 0 Å². The maximum atomic E-state index is 4.00. The molecule has 0 aliphatic carbocycles. The third-order valence-electron chi connectivity index (χ3n) is 3.45. The van der Waals surface area contributed by atoms with Crippen LogP contribution in [0, 0.1) is 0 Å². The fourth-order valence-corrected chi connectivity index (χ4v) is 2.67. The van der Waals surface area contributed by atoms with Crippen LogP contribution in [0.25, 0.3) is 35.1 Å². The first-order valence-electron chi connectivity index (χ1n) is 9.87. The van der Waals surface area contributed by atoms with Gasteiger partial charge in [-0.05, 0) is 46.9 Å². The smallest absolute Gasteiger partial charge is 0.00992 e. The summed E-state index contributed by atoms with van der Waals surface area (Å²) in [4.78, 5) is 0. The van der Waals surface area contributed by atoms with Crippen LogP contribution in [0.1, 0.15) is 85.1 Å². The third-order valence-corrected chi connectivity index (χ3v) is 3.45. The van der Waals surface area contributed by atoms with Crippen molar-refractivity contribution in [2.24, 2.45) is 0 Å². The maximum absolute atomic E-state index is 4.00. The van der Waals surface area contributed by atoms with Crippen LogP contribution in [0.5, 0.6) is 0 Å². The zero-order valence-corrected chi connectivity index (χ0v) is 18.2. The number of rotatable bonds is 4. The van der Waals surface area contributed by atoms with E-state index in [1.165, 1.54) is 33.0 Å². The lowest BCUT2D eigenvalue weighted by atomic mass is 9.88. The van der Waals surface area contributed by atoms with Crippen LogP contribution >= 0.6 is 0 Å².